The summed E-state index contributed by atoms with van der Waals surface area (Å²) in [5.41, 5.74) is 4.70. The Hall–Kier alpha value is -4.16. The lowest BCUT2D eigenvalue weighted by atomic mass is 9.99. The summed E-state index contributed by atoms with van der Waals surface area (Å²) in [5.74, 6) is 0.486. The first kappa shape index (κ1) is 21.1. The van der Waals surface area contributed by atoms with Crippen LogP contribution in [-0.2, 0) is 17.1 Å². The van der Waals surface area contributed by atoms with Gasteiger partial charge in [0.2, 0.25) is 0 Å². The summed E-state index contributed by atoms with van der Waals surface area (Å²) in [6.45, 7) is 0.442. The third kappa shape index (κ3) is 3.01. The van der Waals surface area contributed by atoms with Crippen molar-refractivity contribution >= 4 is 27.5 Å². The van der Waals surface area contributed by atoms with E-state index in [1.54, 1.807) is 4.68 Å². The zero-order valence-corrected chi connectivity index (χ0v) is 20.7. The second kappa shape index (κ2) is 7.93. The van der Waals surface area contributed by atoms with Gasteiger partial charge in [-0.1, -0.05) is 94.8 Å². The summed E-state index contributed by atoms with van der Waals surface area (Å²) in [6, 6.07) is 35.8. The van der Waals surface area contributed by atoms with E-state index < -0.39 is 5.72 Å². The molecule has 1 aromatic heterocycles. The molecule has 5 aromatic rings. The highest BCUT2D eigenvalue weighted by Crippen LogP contribution is 2.51. The molecular formula is C30H20BrN3O2. The van der Waals surface area contributed by atoms with Crippen LogP contribution in [0.4, 0.5) is 5.69 Å². The van der Waals surface area contributed by atoms with Gasteiger partial charge in [-0.2, -0.15) is 5.10 Å². The number of hydrogen-bond acceptors (Lipinski definition) is 3. The predicted octanol–water partition coefficient (Wildman–Crippen LogP) is 6.62. The van der Waals surface area contributed by atoms with E-state index in [1.165, 1.54) is 0 Å². The zero-order valence-electron chi connectivity index (χ0n) is 19.1. The van der Waals surface area contributed by atoms with Crippen molar-refractivity contribution in [2.75, 3.05) is 4.90 Å². The number of anilines is 1. The second-order valence-corrected chi connectivity index (χ2v) is 9.89. The number of aromatic nitrogens is 2. The van der Waals surface area contributed by atoms with Gasteiger partial charge in [0, 0.05) is 15.6 Å². The molecule has 5 nitrogen and oxygen atoms in total. The van der Waals surface area contributed by atoms with Crippen LogP contribution in [-0.4, -0.2) is 15.7 Å². The minimum Gasteiger partial charge on any atom is -0.452 e. The summed E-state index contributed by atoms with van der Waals surface area (Å²) in [7, 11) is 0. The minimum atomic E-state index is -1.44. The number of carbonyl (C=O) groups excluding carboxylic acids is 1. The number of rotatable bonds is 3. The average Bonchev–Trinajstić information content (AvgIpc) is 3.47. The fraction of sp³-hybridized carbons (Fsp3) is 0.0667. The number of carbonyl (C=O) groups is 1. The van der Waals surface area contributed by atoms with Gasteiger partial charge in [0.25, 0.3) is 5.91 Å². The number of hydrogen-bond donors (Lipinski definition) is 0. The molecule has 0 bridgehead atoms. The first-order chi connectivity index (χ1) is 17.6. The molecule has 7 rings (SSSR count). The maximum atomic E-state index is 14.5. The molecule has 0 unspecified atom stereocenters. The van der Waals surface area contributed by atoms with Crippen LogP contribution in [0.1, 0.15) is 11.1 Å². The Morgan fingerprint density at radius 2 is 1.56 bits per heavy atom. The van der Waals surface area contributed by atoms with Gasteiger partial charge in [-0.25, -0.2) is 4.68 Å². The van der Waals surface area contributed by atoms with Crippen LogP contribution < -0.4 is 9.64 Å². The minimum absolute atomic E-state index is 0.162. The molecule has 1 spiro atoms. The Morgan fingerprint density at radius 1 is 0.833 bits per heavy atom. The van der Waals surface area contributed by atoms with Gasteiger partial charge >= 0.3 is 5.72 Å². The van der Waals surface area contributed by atoms with E-state index in [4.69, 9.17) is 9.84 Å². The van der Waals surface area contributed by atoms with Gasteiger partial charge < -0.3 is 9.64 Å². The molecule has 4 aromatic carbocycles. The Bertz CT molecular complexity index is 1630. The summed E-state index contributed by atoms with van der Waals surface area (Å²) in [4.78, 5) is 16.3. The van der Waals surface area contributed by atoms with Gasteiger partial charge in [-0.05, 0) is 35.9 Å². The van der Waals surface area contributed by atoms with Gasteiger partial charge in [0.1, 0.15) is 5.75 Å². The first-order valence-electron chi connectivity index (χ1n) is 11.8. The Labute approximate surface area is 216 Å². The Balaban J connectivity index is 1.47. The van der Waals surface area contributed by atoms with Crippen molar-refractivity contribution in [1.29, 1.82) is 0 Å². The number of benzene rings is 4. The molecule has 2 aliphatic heterocycles. The van der Waals surface area contributed by atoms with Crippen molar-refractivity contribution in [2.24, 2.45) is 0 Å². The standard InChI is InChI=1S/C30H20BrN3O2/c31-22-15-16-28-23(17-22)27-18-25(21-11-5-2-6-12-21)32-34(27)30(36-28)24-13-7-8-14-26(24)33(29(30)35)19-20-9-3-1-4-10-20/h1-18H,19H2/t30-/m0/s1. The first-order valence-corrected chi connectivity index (χ1v) is 12.5. The number of ether oxygens (including phenoxy) is 1. The number of para-hydroxylation sites is 1. The molecule has 0 N–H and O–H groups in total. The topological polar surface area (TPSA) is 47.4 Å². The molecule has 0 saturated carbocycles. The van der Waals surface area contributed by atoms with Crippen molar-refractivity contribution in [3.8, 4) is 28.3 Å². The maximum absolute atomic E-state index is 14.5. The quantitative estimate of drug-likeness (QED) is 0.262. The summed E-state index contributed by atoms with van der Waals surface area (Å²) in [5, 5.41) is 5.00. The lowest BCUT2D eigenvalue weighted by Gasteiger charge is -2.35. The predicted molar refractivity (Wildman–Crippen MR) is 143 cm³/mol. The highest BCUT2D eigenvalue weighted by atomic mass is 79.9. The van der Waals surface area contributed by atoms with Crippen LogP contribution >= 0.6 is 15.9 Å². The smallest absolute Gasteiger partial charge is 0.310 e. The lowest BCUT2D eigenvalue weighted by Crippen LogP contribution is -2.52. The van der Waals surface area contributed by atoms with Gasteiger partial charge in [0.05, 0.1) is 29.2 Å². The SMILES string of the molecule is O=C1N(Cc2ccccc2)c2ccccc2[C@]12Oc1ccc(Br)cc1-c1cc(-c3ccccc3)nn12. The van der Waals surface area contributed by atoms with Crippen molar-refractivity contribution in [3.05, 3.63) is 125 Å². The van der Waals surface area contributed by atoms with Crippen molar-refractivity contribution in [3.63, 3.8) is 0 Å². The van der Waals surface area contributed by atoms with Crippen molar-refractivity contribution in [1.82, 2.24) is 9.78 Å². The Morgan fingerprint density at radius 3 is 2.36 bits per heavy atom. The van der Waals surface area contributed by atoms with E-state index in [2.05, 4.69) is 15.9 Å². The van der Waals surface area contributed by atoms with Gasteiger partial charge in [-0.15, -0.1) is 0 Å². The van der Waals surface area contributed by atoms with E-state index in [1.807, 2.05) is 114 Å². The van der Waals surface area contributed by atoms with Crippen LogP contribution in [0.5, 0.6) is 5.75 Å². The molecule has 0 saturated heterocycles. The van der Waals surface area contributed by atoms with Crippen LogP contribution in [0.3, 0.4) is 0 Å². The monoisotopic (exact) mass is 533 g/mol. The van der Waals surface area contributed by atoms with E-state index >= 15 is 0 Å². The molecule has 3 heterocycles. The Kier molecular flexibility index (Phi) is 4.66. The summed E-state index contributed by atoms with van der Waals surface area (Å²) in [6.07, 6.45) is 0. The third-order valence-corrected chi connectivity index (χ3v) is 7.32. The maximum Gasteiger partial charge on any atom is 0.310 e. The molecule has 174 valence electrons. The molecule has 6 heteroatoms. The van der Waals surface area contributed by atoms with Crippen LogP contribution in [0.2, 0.25) is 0 Å². The van der Waals surface area contributed by atoms with Crippen LogP contribution in [0.15, 0.2) is 114 Å². The summed E-state index contributed by atoms with van der Waals surface area (Å²) >= 11 is 3.59. The van der Waals surface area contributed by atoms with E-state index in [9.17, 15) is 4.79 Å². The highest BCUT2D eigenvalue weighted by Gasteiger charge is 2.58. The normalized spacial score (nSPS) is 17.5. The van der Waals surface area contributed by atoms with E-state index in [0.717, 1.165) is 43.8 Å². The molecule has 0 radical (unpaired) electrons. The molecule has 2 aliphatic rings. The van der Waals surface area contributed by atoms with E-state index in [-0.39, 0.29) is 5.91 Å². The number of fused-ring (bicyclic) bond motifs is 6. The molecular weight excluding hydrogens is 514 g/mol. The van der Waals surface area contributed by atoms with Crippen LogP contribution in [0.25, 0.3) is 22.5 Å². The van der Waals surface area contributed by atoms with Crippen molar-refractivity contribution in [2.45, 2.75) is 12.3 Å². The lowest BCUT2D eigenvalue weighted by molar-refractivity contribution is -0.137. The molecule has 36 heavy (non-hydrogen) atoms. The zero-order chi connectivity index (χ0) is 24.3. The largest absolute Gasteiger partial charge is 0.452 e. The summed E-state index contributed by atoms with van der Waals surface area (Å²) < 4.78 is 9.41. The number of halogens is 1. The number of nitrogens with zero attached hydrogens (tertiary/aromatic N) is 3. The van der Waals surface area contributed by atoms with E-state index in [0.29, 0.717) is 12.3 Å². The second-order valence-electron chi connectivity index (χ2n) is 8.97. The van der Waals surface area contributed by atoms with Crippen LogP contribution in [0, 0.1) is 0 Å². The van der Waals surface area contributed by atoms with Gasteiger partial charge in [0.15, 0.2) is 0 Å². The molecule has 0 aliphatic carbocycles. The molecule has 1 amide bonds. The van der Waals surface area contributed by atoms with Crippen molar-refractivity contribution < 1.29 is 9.53 Å². The number of amides is 1. The molecule has 0 fully saturated rings. The average molecular weight is 534 g/mol. The fourth-order valence-corrected chi connectivity index (χ4v) is 5.55. The highest BCUT2D eigenvalue weighted by molar-refractivity contribution is 9.10. The third-order valence-electron chi connectivity index (χ3n) is 6.83. The van der Waals surface area contributed by atoms with Gasteiger partial charge in [-0.3, -0.25) is 4.79 Å². The molecule has 1 atom stereocenters. The fourth-order valence-electron chi connectivity index (χ4n) is 5.19.